The molecule has 72 valence electrons. The maximum atomic E-state index is 11.4. The van der Waals surface area contributed by atoms with E-state index in [0.29, 0.717) is 19.3 Å². The first kappa shape index (κ1) is 8.50. The number of nitrogens with two attached hydrogens (primary N) is 1. The van der Waals surface area contributed by atoms with Crippen LogP contribution in [-0.4, -0.2) is 47.4 Å². The lowest BCUT2D eigenvalue weighted by atomic mass is 10.5. The van der Waals surface area contributed by atoms with Crippen molar-refractivity contribution >= 4 is 11.8 Å². The Bertz CT molecular complexity index is 250. The van der Waals surface area contributed by atoms with Crippen molar-refractivity contribution in [1.82, 2.24) is 9.80 Å². The van der Waals surface area contributed by atoms with Crippen molar-refractivity contribution in [2.75, 3.05) is 19.8 Å². The summed E-state index contributed by atoms with van der Waals surface area (Å²) in [5.74, 6) is -0.241. The van der Waals surface area contributed by atoms with Crippen molar-refractivity contribution in [3.8, 4) is 0 Å². The molecular weight excluding hydrogens is 170 g/mol. The average molecular weight is 183 g/mol. The van der Waals surface area contributed by atoms with Gasteiger partial charge < -0.3 is 10.6 Å². The number of carbonyl (C=O) groups is 2. The first-order valence-electron chi connectivity index (χ1n) is 4.47. The number of rotatable bonds is 3. The standard InChI is InChI=1S/C8H13N3O2/c9-7(12)3-10-4-8(13)11(5-10)6-1-2-6/h6H,1-5H2,(H2,9,12). The maximum absolute atomic E-state index is 11.4. The van der Waals surface area contributed by atoms with Gasteiger partial charge in [0, 0.05) is 6.04 Å². The molecule has 0 spiro atoms. The van der Waals surface area contributed by atoms with Gasteiger partial charge in [-0.2, -0.15) is 0 Å². The molecule has 0 aromatic heterocycles. The van der Waals surface area contributed by atoms with Gasteiger partial charge >= 0.3 is 0 Å². The van der Waals surface area contributed by atoms with Crippen LogP contribution in [0.5, 0.6) is 0 Å². The second-order valence-electron chi connectivity index (χ2n) is 3.69. The van der Waals surface area contributed by atoms with E-state index in [1.165, 1.54) is 0 Å². The lowest BCUT2D eigenvalue weighted by Gasteiger charge is -2.15. The summed E-state index contributed by atoms with van der Waals surface area (Å²) in [4.78, 5) is 25.6. The second-order valence-corrected chi connectivity index (χ2v) is 3.69. The molecule has 2 rings (SSSR count). The molecule has 1 saturated carbocycles. The first-order valence-corrected chi connectivity index (χ1v) is 4.47. The third-order valence-electron chi connectivity index (χ3n) is 2.40. The molecule has 2 amide bonds. The highest BCUT2D eigenvalue weighted by molar-refractivity contribution is 5.82. The topological polar surface area (TPSA) is 66.6 Å². The fourth-order valence-corrected chi connectivity index (χ4v) is 1.66. The minimum absolute atomic E-state index is 0.128. The molecule has 0 bridgehead atoms. The third kappa shape index (κ3) is 1.80. The Morgan fingerprint density at radius 3 is 2.77 bits per heavy atom. The third-order valence-corrected chi connectivity index (χ3v) is 2.40. The van der Waals surface area contributed by atoms with Crippen molar-refractivity contribution in [3.63, 3.8) is 0 Å². The van der Waals surface area contributed by atoms with Gasteiger partial charge in [0.05, 0.1) is 19.8 Å². The van der Waals surface area contributed by atoms with Crippen LogP contribution in [0.4, 0.5) is 0 Å². The minimum atomic E-state index is -0.370. The summed E-state index contributed by atoms with van der Waals surface area (Å²) in [5, 5.41) is 0. The Morgan fingerprint density at radius 2 is 2.23 bits per heavy atom. The van der Waals surface area contributed by atoms with E-state index in [1.54, 1.807) is 4.90 Å². The monoisotopic (exact) mass is 183 g/mol. The molecule has 5 heteroatoms. The molecule has 0 aromatic carbocycles. The van der Waals surface area contributed by atoms with Gasteiger partial charge in [-0.25, -0.2) is 0 Å². The molecule has 5 nitrogen and oxygen atoms in total. The fraction of sp³-hybridized carbons (Fsp3) is 0.750. The Morgan fingerprint density at radius 1 is 1.54 bits per heavy atom. The number of primary amides is 1. The number of hydrogen-bond acceptors (Lipinski definition) is 3. The fourth-order valence-electron chi connectivity index (χ4n) is 1.66. The summed E-state index contributed by atoms with van der Waals surface area (Å²) in [6.45, 7) is 1.11. The van der Waals surface area contributed by atoms with Gasteiger partial charge in [-0.1, -0.05) is 0 Å². The normalized spacial score (nSPS) is 24.0. The van der Waals surface area contributed by atoms with Gasteiger partial charge in [-0.15, -0.1) is 0 Å². The Kier molecular flexibility index (Phi) is 1.95. The van der Waals surface area contributed by atoms with E-state index < -0.39 is 0 Å². The molecule has 0 unspecified atom stereocenters. The lowest BCUT2D eigenvalue weighted by Crippen LogP contribution is -2.34. The molecule has 1 aliphatic carbocycles. The van der Waals surface area contributed by atoms with Gasteiger partial charge in [0.1, 0.15) is 0 Å². The largest absolute Gasteiger partial charge is 0.369 e. The van der Waals surface area contributed by atoms with Gasteiger partial charge in [0.15, 0.2) is 0 Å². The first-order chi connectivity index (χ1) is 6.16. The summed E-state index contributed by atoms with van der Waals surface area (Å²) in [5.41, 5.74) is 5.04. The molecule has 1 saturated heterocycles. The molecule has 2 fully saturated rings. The van der Waals surface area contributed by atoms with Crippen LogP contribution < -0.4 is 5.73 Å². The quantitative estimate of drug-likeness (QED) is 0.593. The van der Waals surface area contributed by atoms with Crippen LogP contribution in [0.15, 0.2) is 0 Å². The van der Waals surface area contributed by atoms with E-state index in [1.807, 2.05) is 4.90 Å². The van der Waals surface area contributed by atoms with Crippen LogP contribution in [0.25, 0.3) is 0 Å². The molecule has 0 aromatic rings. The van der Waals surface area contributed by atoms with Gasteiger partial charge in [-0.05, 0) is 12.8 Å². The molecule has 2 aliphatic rings. The van der Waals surface area contributed by atoms with Crippen molar-refractivity contribution in [3.05, 3.63) is 0 Å². The van der Waals surface area contributed by atoms with Gasteiger partial charge in [0.25, 0.3) is 0 Å². The molecule has 2 N–H and O–H groups in total. The maximum Gasteiger partial charge on any atom is 0.238 e. The average Bonchev–Trinajstić information content (AvgIpc) is 2.77. The molecular formula is C8H13N3O2. The highest BCUT2D eigenvalue weighted by Crippen LogP contribution is 2.29. The summed E-state index contributed by atoms with van der Waals surface area (Å²) < 4.78 is 0. The van der Waals surface area contributed by atoms with Crippen LogP contribution in [0.3, 0.4) is 0 Å². The molecule has 0 atom stereocenters. The number of hydrogen-bond donors (Lipinski definition) is 1. The van der Waals surface area contributed by atoms with Crippen LogP contribution in [-0.2, 0) is 9.59 Å². The van der Waals surface area contributed by atoms with E-state index in [4.69, 9.17) is 5.73 Å². The zero-order valence-electron chi connectivity index (χ0n) is 7.40. The van der Waals surface area contributed by atoms with Crippen LogP contribution in [0.2, 0.25) is 0 Å². The summed E-state index contributed by atoms with van der Waals surface area (Å²) >= 11 is 0. The molecule has 13 heavy (non-hydrogen) atoms. The summed E-state index contributed by atoms with van der Waals surface area (Å²) in [6.07, 6.45) is 2.21. The predicted octanol–water partition coefficient (Wildman–Crippen LogP) is -1.26. The van der Waals surface area contributed by atoms with Crippen molar-refractivity contribution in [2.24, 2.45) is 5.73 Å². The Balaban J connectivity index is 1.90. The van der Waals surface area contributed by atoms with E-state index >= 15 is 0 Å². The minimum Gasteiger partial charge on any atom is -0.369 e. The molecule has 1 aliphatic heterocycles. The van der Waals surface area contributed by atoms with E-state index in [-0.39, 0.29) is 18.4 Å². The summed E-state index contributed by atoms with van der Waals surface area (Å²) in [7, 11) is 0. The second kappa shape index (κ2) is 2.99. The van der Waals surface area contributed by atoms with Crippen LogP contribution in [0.1, 0.15) is 12.8 Å². The van der Waals surface area contributed by atoms with Crippen molar-refractivity contribution in [2.45, 2.75) is 18.9 Å². The SMILES string of the molecule is NC(=O)CN1CC(=O)N(C2CC2)C1. The lowest BCUT2D eigenvalue weighted by molar-refractivity contribution is -0.127. The van der Waals surface area contributed by atoms with Gasteiger partial charge in [-0.3, -0.25) is 14.5 Å². The van der Waals surface area contributed by atoms with Gasteiger partial charge in [0.2, 0.25) is 11.8 Å². The Hall–Kier alpha value is -1.10. The zero-order valence-corrected chi connectivity index (χ0v) is 7.40. The number of carbonyl (C=O) groups excluding carboxylic acids is 2. The number of amides is 2. The molecule has 1 heterocycles. The van der Waals surface area contributed by atoms with E-state index in [9.17, 15) is 9.59 Å². The molecule has 0 radical (unpaired) electrons. The highest BCUT2D eigenvalue weighted by atomic mass is 16.2. The predicted molar refractivity (Wildman–Crippen MR) is 45.5 cm³/mol. The smallest absolute Gasteiger partial charge is 0.238 e. The number of nitrogens with zero attached hydrogens (tertiary/aromatic N) is 2. The summed E-state index contributed by atoms with van der Waals surface area (Å²) in [6, 6.07) is 0.436. The van der Waals surface area contributed by atoms with E-state index in [0.717, 1.165) is 12.8 Å². The Labute approximate surface area is 76.5 Å². The van der Waals surface area contributed by atoms with Crippen molar-refractivity contribution in [1.29, 1.82) is 0 Å². The van der Waals surface area contributed by atoms with Crippen LogP contribution >= 0.6 is 0 Å². The van der Waals surface area contributed by atoms with Crippen LogP contribution in [0, 0.1) is 0 Å². The van der Waals surface area contributed by atoms with Crippen molar-refractivity contribution < 1.29 is 9.59 Å². The van der Waals surface area contributed by atoms with E-state index in [2.05, 4.69) is 0 Å². The zero-order chi connectivity index (χ0) is 9.42. The highest BCUT2D eigenvalue weighted by Gasteiger charge is 2.38.